The van der Waals surface area contributed by atoms with Crippen LogP contribution >= 0.6 is 22.6 Å². The van der Waals surface area contributed by atoms with E-state index in [1.165, 1.54) is 21.0 Å². The lowest BCUT2D eigenvalue weighted by molar-refractivity contribution is 0.0526. The third-order valence-electron chi connectivity index (χ3n) is 4.78. The number of carbonyl (C=O) groups is 1. The van der Waals surface area contributed by atoms with Crippen molar-refractivity contribution in [3.05, 3.63) is 75.8 Å². The van der Waals surface area contributed by atoms with Gasteiger partial charge in [0.25, 0.3) is 0 Å². The molecular weight excluding hydrogens is 489 g/mol. The lowest BCUT2D eigenvalue weighted by Crippen LogP contribution is -2.27. The molecule has 1 heterocycles. The summed E-state index contributed by atoms with van der Waals surface area (Å²) in [6.45, 7) is 5.74. The summed E-state index contributed by atoms with van der Waals surface area (Å²) in [6, 6.07) is 16.9. The summed E-state index contributed by atoms with van der Waals surface area (Å²) in [5, 5.41) is 0. The number of anilines is 1. The van der Waals surface area contributed by atoms with Gasteiger partial charge in [0.2, 0.25) is 0 Å². The topological polar surface area (TPSA) is 55.3 Å². The smallest absolute Gasteiger partial charge is 0.343 e. The summed E-state index contributed by atoms with van der Waals surface area (Å²) in [6.07, 6.45) is 5.09. The second kappa shape index (κ2) is 11.1. The van der Waals surface area contributed by atoms with Crippen LogP contribution in [0.3, 0.4) is 0 Å². The Balaban J connectivity index is 1.86. The number of carbonyl (C=O) groups excluding carboxylic acids is 1. The molecule has 0 radical (unpaired) electrons. The molecule has 156 valence electrons. The third-order valence-corrected chi connectivity index (χ3v) is 5.72. The van der Waals surface area contributed by atoms with Crippen LogP contribution in [0, 0.1) is 3.57 Å². The van der Waals surface area contributed by atoms with Crippen molar-refractivity contribution in [1.29, 1.82) is 0 Å². The van der Waals surface area contributed by atoms with Gasteiger partial charge in [-0.3, -0.25) is 0 Å². The minimum absolute atomic E-state index is 0.321. The molecule has 6 heteroatoms. The molecule has 5 nitrogen and oxygen atoms in total. The van der Waals surface area contributed by atoms with Crippen molar-refractivity contribution in [2.24, 2.45) is 0 Å². The molecule has 0 amide bonds. The van der Waals surface area contributed by atoms with Crippen LogP contribution in [0.1, 0.15) is 42.6 Å². The first-order valence-corrected chi connectivity index (χ1v) is 11.3. The number of nitrogens with zero attached hydrogens (tertiary/aromatic N) is 3. The molecule has 0 aliphatic heterocycles. The Morgan fingerprint density at radius 2 is 1.87 bits per heavy atom. The Morgan fingerprint density at radius 3 is 2.57 bits per heavy atom. The molecule has 0 atom stereocenters. The molecule has 0 aliphatic carbocycles. The number of rotatable bonds is 9. The zero-order valence-electron chi connectivity index (χ0n) is 17.3. The van der Waals surface area contributed by atoms with Gasteiger partial charge in [-0.2, -0.15) is 0 Å². The van der Waals surface area contributed by atoms with Crippen molar-refractivity contribution in [3.8, 4) is 11.1 Å². The number of hydrogen-bond acceptors (Lipinski definition) is 5. The van der Waals surface area contributed by atoms with Crippen molar-refractivity contribution in [1.82, 2.24) is 9.97 Å². The van der Waals surface area contributed by atoms with E-state index >= 15 is 0 Å². The Kier molecular flexibility index (Phi) is 8.19. The van der Waals surface area contributed by atoms with Crippen molar-refractivity contribution in [2.75, 3.05) is 18.1 Å². The molecule has 0 bridgehead atoms. The number of benzene rings is 2. The maximum Gasteiger partial charge on any atom is 0.343 e. The molecule has 0 saturated carbocycles. The SMILES string of the molecule is CCCCN(Cc1ccc(-c2ccccc2I)cc1)c1ncncc1C(=O)OCC. The van der Waals surface area contributed by atoms with Crippen LogP contribution in [0.4, 0.5) is 5.82 Å². The van der Waals surface area contributed by atoms with E-state index in [1.54, 1.807) is 13.1 Å². The van der Waals surface area contributed by atoms with Crippen molar-refractivity contribution < 1.29 is 9.53 Å². The Hall–Kier alpha value is -2.48. The van der Waals surface area contributed by atoms with Crippen LogP contribution in [-0.2, 0) is 11.3 Å². The van der Waals surface area contributed by atoms with E-state index in [9.17, 15) is 4.79 Å². The molecule has 0 fully saturated rings. The van der Waals surface area contributed by atoms with E-state index in [0.29, 0.717) is 24.5 Å². The molecule has 1 aromatic heterocycles. The summed E-state index contributed by atoms with van der Waals surface area (Å²) >= 11 is 2.37. The predicted molar refractivity (Wildman–Crippen MR) is 129 cm³/mol. The fraction of sp³-hybridized carbons (Fsp3) is 0.292. The van der Waals surface area contributed by atoms with E-state index in [0.717, 1.165) is 24.9 Å². The number of ether oxygens (including phenoxy) is 1. The fourth-order valence-corrected chi connectivity index (χ4v) is 3.94. The van der Waals surface area contributed by atoms with Crippen LogP contribution in [0.2, 0.25) is 0 Å². The second-order valence-electron chi connectivity index (χ2n) is 6.93. The average Bonchev–Trinajstić information content (AvgIpc) is 2.78. The van der Waals surface area contributed by atoms with E-state index < -0.39 is 0 Å². The van der Waals surface area contributed by atoms with Crippen molar-refractivity contribution >= 4 is 34.4 Å². The van der Waals surface area contributed by atoms with Gasteiger partial charge < -0.3 is 9.64 Å². The van der Waals surface area contributed by atoms with Crippen molar-refractivity contribution in [3.63, 3.8) is 0 Å². The predicted octanol–water partition coefficient (Wildman–Crippen LogP) is 5.73. The number of hydrogen-bond donors (Lipinski definition) is 0. The number of halogens is 1. The lowest BCUT2D eigenvalue weighted by Gasteiger charge is -2.25. The largest absolute Gasteiger partial charge is 0.462 e. The molecule has 0 N–H and O–H groups in total. The molecule has 2 aromatic carbocycles. The quantitative estimate of drug-likeness (QED) is 0.269. The van der Waals surface area contributed by atoms with Gasteiger partial charge in [-0.25, -0.2) is 14.8 Å². The van der Waals surface area contributed by atoms with Crippen molar-refractivity contribution in [2.45, 2.75) is 33.2 Å². The monoisotopic (exact) mass is 515 g/mol. The molecule has 0 saturated heterocycles. The number of unbranched alkanes of at least 4 members (excludes halogenated alkanes) is 1. The highest BCUT2D eigenvalue weighted by Crippen LogP contribution is 2.26. The van der Waals surface area contributed by atoms with Gasteiger partial charge in [0.1, 0.15) is 17.7 Å². The Labute approximate surface area is 191 Å². The maximum absolute atomic E-state index is 12.4. The summed E-state index contributed by atoms with van der Waals surface area (Å²) < 4.78 is 6.43. The summed E-state index contributed by atoms with van der Waals surface area (Å²) in [5.41, 5.74) is 3.99. The van der Waals surface area contributed by atoms with Crippen LogP contribution in [0.5, 0.6) is 0 Å². The van der Waals surface area contributed by atoms with E-state index in [4.69, 9.17) is 4.74 Å². The summed E-state index contributed by atoms with van der Waals surface area (Å²) in [7, 11) is 0. The number of aromatic nitrogens is 2. The molecule has 3 rings (SSSR count). The molecule has 30 heavy (non-hydrogen) atoms. The first-order valence-electron chi connectivity index (χ1n) is 10.2. The molecular formula is C24H26IN3O2. The highest BCUT2D eigenvalue weighted by molar-refractivity contribution is 14.1. The van der Waals surface area contributed by atoms with Gasteiger partial charge in [-0.1, -0.05) is 55.8 Å². The standard InChI is InChI=1S/C24H26IN3O2/c1-3-5-14-28(23-21(15-26-17-27-23)24(29)30-4-2)16-18-10-12-19(13-11-18)20-8-6-7-9-22(20)25/h6-13,15,17H,3-5,14,16H2,1-2H3. The second-order valence-corrected chi connectivity index (χ2v) is 8.09. The first-order chi connectivity index (χ1) is 14.6. The van der Waals surface area contributed by atoms with E-state index in [1.807, 2.05) is 6.07 Å². The highest BCUT2D eigenvalue weighted by atomic mass is 127. The third kappa shape index (κ3) is 5.56. The van der Waals surface area contributed by atoms with E-state index in [-0.39, 0.29) is 5.97 Å². The Morgan fingerprint density at radius 1 is 1.10 bits per heavy atom. The molecule has 0 unspecified atom stereocenters. The van der Waals surface area contributed by atoms with Gasteiger partial charge in [-0.15, -0.1) is 0 Å². The van der Waals surface area contributed by atoms with Gasteiger partial charge in [0.15, 0.2) is 0 Å². The minimum Gasteiger partial charge on any atom is -0.462 e. The van der Waals surface area contributed by atoms with Crippen LogP contribution in [0.25, 0.3) is 11.1 Å². The van der Waals surface area contributed by atoms with Crippen LogP contribution in [-0.4, -0.2) is 29.1 Å². The van der Waals surface area contributed by atoms with Crippen LogP contribution < -0.4 is 4.90 Å². The highest BCUT2D eigenvalue weighted by Gasteiger charge is 2.19. The summed E-state index contributed by atoms with van der Waals surface area (Å²) in [5.74, 6) is 0.238. The molecule has 0 spiro atoms. The Bertz CT molecular complexity index is 976. The molecule has 3 aromatic rings. The van der Waals surface area contributed by atoms with Crippen LogP contribution in [0.15, 0.2) is 61.1 Å². The minimum atomic E-state index is -0.386. The van der Waals surface area contributed by atoms with Gasteiger partial charge in [-0.05, 0) is 58.7 Å². The molecule has 0 aliphatic rings. The zero-order chi connectivity index (χ0) is 21.3. The number of esters is 1. The average molecular weight is 515 g/mol. The summed E-state index contributed by atoms with van der Waals surface area (Å²) in [4.78, 5) is 23.0. The normalized spacial score (nSPS) is 10.6. The van der Waals surface area contributed by atoms with Gasteiger partial charge in [0, 0.05) is 22.9 Å². The van der Waals surface area contributed by atoms with Gasteiger partial charge >= 0.3 is 5.97 Å². The van der Waals surface area contributed by atoms with Gasteiger partial charge in [0.05, 0.1) is 6.61 Å². The fourth-order valence-electron chi connectivity index (χ4n) is 3.24. The maximum atomic E-state index is 12.4. The first kappa shape index (κ1) is 22.2. The lowest BCUT2D eigenvalue weighted by atomic mass is 10.0. The zero-order valence-corrected chi connectivity index (χ0v) is 19.5. The van der Waals surface area contributed by atoms with E-state index in [2.05, 4.69) is 86.8 Å².